The molecule has 0 bridgehead atoms. The van der Waals surface area contributed by atoms with E-state index in [0.29, 0.717) is 13.0 Å². The molecule has 2 heterocycles. The lowest BCUT2D eigenvalue weighted by molar-refractivity contribution is -0.148. The number of hydrogen-bond acceptors (Lipinski definition) is 4. The average Bonchev–Trinajstić information content (AvgIpc) is 2.87. The van der Waals surface area contributed by atoms with Crippen molar-refractivity contribution < 1.29 is 9.90 Å². The van der Waals surface area contributed by atoms with Crippen molar-refractivity contribution in [2.24, 2.45) is 5.41 Å². The van der Waals surface area contributed by atoms with Crippen molar-refractivity contribution >= 4 is 17.3 Å². The van der Waals surface area contributed by atoms with Crippen LogP contribution in [0.15, 0.2) is 5.38 Å². The van der Waals surface area contributed by atoms with Crippen molar-refractivity contribution in [1.29, 1.82) is 0 Å². The predicted molar refractivity (Wildman–Crippen MR) is 67.1 cm³/mol. The van der Waals surface area contributed by atoms with Crippen molar-refractivity contribution in [3.05, 3.63) is 16.1 Å². The van der Waals surface area contributed by atoms with Crippen LogP contribution in [0.1, 0.15) is 30.5 Å². The summed E-state index contributed by atoms with van der Waals surface area (Å²) in [4.78, 5) is 17.9. The van der Waals surface area contributed by atoms with Gasteiger partial charge in [0.2, 0.25) is 0 Å². The summed E-state index contributed by atoms with van der Waals surface area (Å²) in [5, 5.41) is 12.4. The summed E-state index contributed by atoms with van der Waals surface area (Å²) in [6, 6.07) is 0. The Bertz CT molecular complexity index is 418. The zero-order valence-corrected chi connectivity index (χ0v) is 11.1. The number of carboxylic acid groups (broad SMARTS) is 1. The van der Waals surface area contributed by atoms with Crippen LogP contribution in [0.5, 0.6) is 0 Å². The van der Waals surface area contributed by atoms with Gasteiger partial charge in [0.25, 0.3) is 0 Å². The van der Waals surface area contributed by atoms with E-state index in [-0.39, 0.29) is 0 Å². The third-order valence-corrected chi connectivity index (χ3v) is 4.44. The molecular weight excluding hydrogens is 236 g/mol. The summed E-state index contributed by atoms with van der Waals surface area (Å²) < 4.78 is 0. The van der Waals surface area contributed by atoms with E-state index >= 15 is 0 Å². The molecule has 1 aromatic rings. The van der Waals surface area contributed by atoms with Gasteiger partial charge in [-0.25, -0.2) is 4.98 Å². The van der Waals surface area contributed by atoms with Crippen molar-refractivity contribution in [1.82, 2.24) is 9.88 Å². The molecule has 5 heteroatoms. The van der Waals surface area contributed by atoms with Crippen molar-refractivity contribution in [2.75, 3.05) is 13.1 Å². The Hall–Kier alpha value is -0.940. The van der Waals surface area contributed by atoms with Crippen molar-refractivity contribution in [3.63, 3.8) is 0 Å². The van der Waals surface area contributed by atoms with Crippen LogP contribution in [0.2, 0.25) is 0 Å². The van der Waals surface area contributed by atoms with Crippen LogP contribution in [0, 0.1) is 12.3 Å². The molecule has 1 aromatic heterocycles. The standard InChI is InChI=1S/C12H18N2O2S/c1-3-12(11(15)16)4-5-14(8-12)6-10-7-17-9(2)13-10/h7H,3-6,8H2,1-2H3,(H,15,16). The van der Waals surface area contributed by atoms with Crippen LogP contribution in [0.3, 0.4) is 0 Å². The Morgan fingerprint density at radius 3 is 2.94 bits per heavy atom. The van der Waals surface area contributed by atoms with Crippen LogP contribution >= 0.6 is 11.3 Å². The fraction of sp³-hybridized carbons (Fsp3) is 0.667. The summed E-state index contributed by atoms with van der Waals surface area (Å²) in [5.41, 5.74) is 0.523. The number of aryl methyl sites for hydroxylation is 1. The van der Waals surface area contributed by atoms with Crippen LogP contribution in [0.4, 0.5) is 0 Å². The van der Waals surface area contributed by atoms with Gasteiger partial charge in [-0.1, -0.05) is 6.92 Å². The van der Waals surface area contributed by atoms with Gasteiger partial charge in [-0.3, -0.25) is 9.69 Å². The molecule has 94 valence electrons. The molecule has 1 N–H and O–H groups in total. The summed E-state index contributed by atoms with van der Waals surface area (Å²) in [7, 11) is 0. The lowest BCUT2D eigenvalue weighted by Crippen LogP contribution is -2.33. The third-order valence-electron chi connectivity index (χ3n) is 3.62. The Labute approximate surface area is 105 Å². The first-order valence-corrected chi connectivity index (χ1v) is 6.80. The molecule has 0 amide bonds. The minimum Gasteiger partial charge on any atom is -0.481 e. The number of likely N-dealkylation sites (tertiary alicyclic amines) is 1. The number of aromatic nitrogens is 1. The molecule has 0 aromatic carbocycles. The molecule has 0 saturated carbocycles. The molecule has 0 aliphatic carbocycles. The van der Waals surface area contributed by atoms with E-state index in [1.807, 2.05) is 13.8 Å². The number of aliphatic carboxylic acids is 1. The largest absolute Gasteiger partial charge is 0.481 e. The van der Waals surface area contributed by atoms with Gasteiger partial charge < -0.3 is 5.11 Å². The Morgan fingerprint density at radius 2 is 2.47 bits per heavy atom. The number of carbonyl (C=O) groups is 1. The zero-order chi connectivity index (χ0) is 12.5. The normalized spacial score (nSPS) is 25.3. The summed E-state index contributed by atoms with van der Waals surface area (Å²) in [6.07, 6.45) is 1.46. The Kier molecular flexibility index (Phi) is 3.49. The first-order chi connectivity index (χ1) is 8.05. The van der Waals surface area contributed by atoms with Gasteiger partial charge in [0.05, 0.1) is 16.1 Å². The van der Waals surface area contributed by atoms with Gasteiger partial charge in [0, 0.05) is 18.5 Å². The van der Waals surface area contributed by atoms with Crippen molar-refractivity contribution in [3.8, 4) is 0 Å². The van der Waals surface area contributed by atoms with Gasteiger partial charge in [-0.15, -0.1) is 11.3 Å². The summed E-state index contributed by atoms with van der Waals surface area (Å²) in [6.45, 7) is 6.24. The highest BCUT2D eigenvalue weighted by Crippen LogP contribution is 2.34. The molecule has 1 unspecified atom stereocenters. The maximum absolute atomic E-state index is 11.3. The molecule has 1 aliphatic heterocycles. The minimum atomic E-state index is -0.656. The third kappa shape index (κ3) is 2.50. The lowest BCUT2D eigenvalue weighted by Gasteiger charge is -2.22. The van der Waals surface area contributed by atoms with Gasteiger partial charge in [0.1, 0.15) is 0 Å². The van der Waals surface area contributed by atoms with Crippen LogP contribution < -0.4 is 0 Å². The average molecular weight is 254 g/mol. The van der Waals surface area contributed by atoms with Crippen LogP contribution in [-0.2, 0) is 11.3 Å². The molecule has 1 aliphatic rings. The molecule has 1 fully saturated rings. The van der Waals surface area contributed by atoms with Gasteiger partial charge in [0.15, 0.2) is 0 Å². The van der Waals surface area contributed by atoms with E-state index in [9.17, 15) is 9.90 Å². The van der Waals surface area contributed by atoms with E-state index in [0.717, 1.165) is 30.2 Å². The molecule has 0 spiro atoms. The van der Waals surface area contributed by atoms with E-state index < -0.39 is 11.4 Å². The fourth-order valence-corrected chi connectivity index (χ4v) is 3.02. The highest BCUT2D eigenvalue weighted by Gasteiger charge is 2.43. The van der Waals surface area contributed by atoms with E-state index in [1.54, 1.807) is 11.3 Å². The highest BCUT2D eigenvalue weighted by atomic mass is 32.1. The molecular formula is C12H18N2O2S. The maximum atomic E-state index is 11.3. The molecule has 17 heavy (non-hydrogen) atoms. The second-order valence-electron chi connectivity index (χ2n) is 4.76. The first-order valence-electron chi connectivity index (χ1n) is 5.92. The van der Waals surface area contributed by atoms with E-state index in [1.165, 1.54) is 0 Å². The highest BCUT2D eigenvalue weighted by molar-refractivity contribution is 7.09. The molecule has 1 atom stereocenters. The number of nitrogens with zero attached hydrogens (tertiary/aromatic N) is 2. The number of carboxylic acids is 1. The summed E-state index contributed by atoms with van der Waals surface area (Å²) >= 11 is 1.65. The lowest BCUT2D eigenvalue weighted by atomic mass is 9.84. The molecule has 0 radical (unpaired) electrons. The summed E-state index contributed by atoms with van der Waals surface area (Å²) in [5.74, 6) is -0.656. The predicted octanol–water partition coefficient (Wildman–Crippen LogP) is 2.14. The van der Waals surface area contributed by atoms with Crippen LogP contribution in [0.25, 0.3) is 0 Å². The zero-order valence-electron chi connectivity index (χ0n) is 10.3. The SMILES string of the molecule is CCC1(C(=O)O)CCN(Cc2csc(C)n2)C1. The molecule has 2 rings (SSSR count). The smallest absolute Gasteiger partial charge is 0.310 e. The van der Waals surface area contributed by atoms with Gasteiger partial charge in [-0.2, -0.15) is 0 Å². The molecule has 1 saturated heterocycles. The van der Waals surface area contributed by atoms with Gasteiger partial charge in [-0.05, 0) is 26.3 Å². The van der Waals surface area contributed by atoms with Crippen LogP contribution in [-0.4, -0.2) is 34.0 Å². The second-order valence-corrected chi connectivity index (χ2v) is 5.82. The van der Waals surface area contributed by atoms with Crippen molar-refractivity contribution in [2.45, 2.75) is 33.2 Å². The maximum Gasteiger partial charge on any atom is 0.310 e. The Morgan fingerprint density at radius 1 is 1.71 bits per heavy atom. The number of hydrogen-bond donors (Lipinski definition) is 1. The quantitative estimate of drug-likeness (QED) is 0.894. The monoisotopic (exact) mass is 254 g/mol. The fourth-order valence-electron chi connectivity index (χ4n) is 2.42. The topological polar surface area (TPSA) is 53.4 Å². The van der Waals surface area contributed by atoms with Gasteiger partial charge >= 0.3 is 5.97 Å². The minimum absolute atomic E-state index is 0.537. The van der Waals surface area contributed by atoms with E-state index in [2.05, 4.69) is 15.3 Å². The first kappa shape index (κ1) is 12.5. The number of thiazole rings is 1. The second kappa shape index (κ2) is 4.74. The Balaban J connectivity index is 2.00. The van der Waals surface area contributed by atoms with E-state index in [4.69, 9.17) is 0 Å². The molecule has 4 nitrogen and oxygen atoms in total. The number of rotatable bonds is 4.